The third-order valence-electron chi connectivity index (χ3n) is 4.90. The van der Waals surface area contributed by atoms with E-state index in [1.54, 1.807) is 6.07 Å². The molecule has 130 valence electrons. The first kappa shape index (κ1) is 15.2. The van der Waals surface area contributed by atoms with E-state index in [1.165, 1.54) is 0 Å². The molecule has 0 spiro atoms. The first-order valence-electron chi connectivity index (χ1n) is 8.86. The molecule has 0 radical (unpaired) electrons. The number of rotatable bonds is 2. The Balaban J connectivity index is 1.73. The van der Waals surface area contributed by atoms with Gasteiger partial charge in [0.1, 0.15) is 0 Å². The summed E-state index contributed by atoms with van der Waals surface area (Å²) in [5, 5.41) is 6.75. The number of hydrogen-bond acceptors (Lipinski definition) is 4. The smallest absolute Gasteiger partial charge is 0.248 e. The van der Waals surface area contributed by atoms with Crippen LogP contribution in [0.4, 0.5) is 0 Å². The van der Waals surface area contributed by atoms with Crippen molar-refractivity contribution < 1.29 is 0 Å². The fraction of sp³-hybridized carbons (Fsp3) is 0.200. The Bertz CT molecular complexity index is 1150. The SMILES string of the molecule is O=c1ccc2cc(-c3nc4ccccc4n3N3CCNCC3)ccc2[nH]1. The molecule has 1 fully saturated rings. The Labute approximate surface area is 150 Å². The Morgan fingerprint density at radius 1 is 0.962 bits per heavy atom. The highest BCUT2D eigenvalue weighted by Gasteiger charge is 2.19. The molecular formula is C20H19N5O. The van der Waals surface area contributed by atoms with Crippen LogP contribution in [0.1, 0.15) is 0 Å². The molecule has 4 aromatic rings. The minimum Gasteiger partial charge on any atom is -0.322 e. The molecule has 5 rings (SSSR count). The highest BCUT2D eigenvalue weighted by molar-refractivity contribution is 5.86. The van der Waals surface area contributed by atoms with Gasteiger partial charge in [-0.1, -0.05) is 12.1 Å². The summed E-state index contributed by atoms with van der Waals surface area (Å²) in [6, 6.07) is 17.7. The molecule has 26 heavy (non-hydrogen) atoms. The van der Waals surface area contributed by atoms with Crippen molar-refractivity contribution >= 4 is 21.9 Å². The van der Waals surface area contributed by atoms with Gasteiger partial charge in [0.2, 0.25) is 5.56 Å². The van der Waals surface area contributed by atoms with Crippen LogP contribution >= 0.6 is 0 Å². The van der Waals surface area contributed by atoms with E-state index in [4.69, 9.17) is 4.98 Å². The van der Waals surface area contributed by atoms with Gasteiger partial charge in [-0.25, -0.2) is 9.66 Å². The zero-order chi connectivity index (χ0) is 17.5. The topological polar surface area (TPSA) is 66.0 Å². The molecule has 1 aliphatic heterocycles. The average molecular weight is 345 g/mol. The normalized spacial score (nSPS) is 15.0. The standard InChI is InChI=1S/C20H19N5O/c26-19-8-6-14-13-15(5-7-16(14)22-19)20-23-17-3-1-2-4-18(17)25(20)24-11-9-21-10-12-24/h1-8,13,21H,9-12H2,(H,22,26). The molecule has 0 saturated carbocycles. The van der Waals surface area contributed by atoms with E-state index in [2.05, 4.69) is 44.3 Å². The van der Waals surface area contributed by atoms with Gasteiger partial charge in [-0.05, 0) is 41.8 Å². The van der Waals surface area contributed by atoms with Crippen LogP contribution in [0.3, 0.4) is 0 Å². The first-order chi connectivity index (χ1) is 12.8. The van der Waals surface area contributed by atoms with E-state index in [9.17, 15) is 4.79 Å². The summed E-state index contributed by atoms with van der Waals surface area (Å²) >= 11 is 0. The Morgan fingerprint density at radius 3 is 2.69 bits per heavy atom. The number of aromatic nitrogens is 3. The van der Waals surface area contributed by atoms with Crippen molar-refractivity contribution in [2.75, 3.05) is 31.2 Å². The number of piperazine rings is 1. The quantitative estimate of drug-likeness (QED) is 0.584. The lowest BCUT2D eigenvalue weighted by atomic mass is 10.1. The number of H-pyrrole nitrogens is 1. The van der Waals surface area contributed by atoms with Crippen molar-refractivity contribution in [2.24, 2.45) is 0 Å². The Kier molecular flexibility index (Phi) is 3.50. The van der Waals surface area contributed by atoms with Gasteiger partial charge in [0.25, 0.3) is 0 Å². The third-order valence-corrected chi connectivity index (χ3v) is 4.90. The minimum absolute atomic E-state index is 0.0849. The monoisotopic (exact) mass is 345 g/mol. The molecule has 0 bridgehead atoms. The summed E-state index contributed by atoms with van der Waals surface area (Å²) in [5.74, 6) is 0.932. The Hall–Kier alpha value is -3.12. The number of benzene rings is 2. The maximum absolute atomic E-state index is 11.5. The number of pyridine rings is 1. The second kappa shape index (κ2) is 6.00. The number of para-hydroxylation sites is 2. The molecule has 0 atom stereocenters. The molecular weight excluding hydrogens is 326 g/mol. The molecule has 0 unspecified atom stereocenters. The van der Waals surface area contributed by atoms with Gasteiger partial charge in [-0.2, -0.15) is 0 Å². The number of nitrogens with zero attached hydrogens (tertiary/aromatic N) is 3. The zero-order valence-corrected chi connectivity index (χ0v) is 14.3. The van der Waals surface area contributed by atoms with Crippen molar-refractivity contribution in [1.29, 1.82) is 0 Å². The van der Waals surface area contributed by atoms with Crippen molar-refractivity contribution in [3.05, 3.63) is 65.0 Å². The van der Waals surface area contributed by atoms with Crippen molar-refractivity contribution in [3.63, 3.8) is 0 Å². The van der Waals surface area contributed by atoms with Gasteiger partial charge in [-0.3, -0.25) is 4.79 Å². The highest BCUT2D eigenvalue weighted by Crippen LogP contribution is 2.27. The second-order valence-corrected chi connectivity index (χ2v) is 6.56. The van der Waals surface area contributed by atoms with Crippen LogP contribution < -0.4 is 15.9 Å². The van der Waals surface area contributed by atoms with Gasteiger partial charge < -0.3 is 15.3 Å². The van der Waals surface area contributed by atoms with Crippen LogP contribution in [-0.4, -0.2) is 40.8 Å². The van der Waals surface area contributed by atoms with Crippen LogP contribution in [0.5, 0.6) is 0 Å². The number of imidazole rings is 1. The summed E-state index contributed by atoms with van der Waals surface area (Å²) in [7, 11) is 0. The summed E-state index contributed by atoms with van der Waals surface area (Å²) < 4.78 is 2.24. The van der Waals surface area contributed by atoms with E-state index in [0.29, 0.717) is 0 Å². The van der Waals surface area contributed by atoms with E-state index in [1.807, 2.05) is 24.3 Å². The highest BCUT2D eigenvalue weighted by atomic mass is 16.1. The maximum Gasteiger partial charge on any atom is 0.248 e. The molecule has 1 aliphatic rings. The molecule has 6 nitrogen and oxygen atoms in total. The van der Waals surface area contributed by atoms with Crippen LogP contribution in [0.15, 0.2) is 59.4 Å². The van der Waals surface area contributed by atoms with Crippen LogP contribution in [0.25, 0.3) is 33.3 Å². The lowest BCUT2D eigenvalue weighted by molar-refractivity contribution is 0.501. The van der Waals surface area contributed by atoms with Gasteiger partial charge in [0.15, 0.2) is 5.82 Å². The predicted octanol–water partition coefficient (Wildman–Crippen LogP) is 2.09. The van der Waals surface area contributed by atoms with Crippen LogP contribution in [0.2, 0.25) is 0 Å². The van der Waals surface area contributed by atoms with E-state index >= 15 is 0 Å². The van der Waals surface area contributed by atoms with Gasteiger partial charge in [0.05, 0.1) is 11.0 Å². The zero-order valence-electron chi connectivity index (χ0n) is 14.3. The number of hydrogen-bond donors (Lipinski definition) is 2. The van der Waals surface area contributed by atoms with Gasteiger partial charge in [-0.15, -0.1) is 0 Å². The summed E-state index contributed by atoms with van der Waals surface area (Å²) in [6.45, 7) is 3.80. The van der Waals surface area contributed by atoms with E-state index < -0.39 is 0 Å². The molecule has 3 heterocycles. The van der Waals surface area contributed by atoms with Crippen LogP contribution in [0, 0.1) is 0 Å². The molecule has 2 aromatic carbocycles. The summed E-state index contributed by atoms with van der Waals surface area (Å²) in [6.07, 6.45) is 0. The number of aromatic amines is 1. The predicted molar refractivity (Wildman–Crippen MR) is 104 cm³/mol. The lowest BCUT2D eigenvalue weighted by Gasteiger charge is -2.32. The summed E-state index contributed by atoms with van der Waals surface area (Å²) in [4.78, 5) is 19.3. The fourth-order valence-corrected chi connectivity index (χ4v) is 3.63. The van der Waals surface area contributed by atoms with Crippen molar-refractivity contribution in [3.8, 4) is 11.4 Å². The van der Waals surface area contributed by atoms with E-state index in [-0.39, 0.29) is 5.56 Å². The lowest BCUT2D eigenvalue weighted by Crippen LogP contribution is -2.49. The third kappa shape index (κ3) is 2.46. The van der Waals surface area contributed by atoms with Crippen LogP contribution in [-0.2, 0) is 0 Å². The second-order valence-electron chi connectivity index (χ2n) is 6.56. The van der Waals surface area contributed by atoms with Crippen molar-refractivity contribution in [2.45, 2.75) is 0 Å². The fourth-order valence-electron chi connectivity index (χ4n) is 3.63. The minimum atomic E-state index is -0.0849. The number of nitrogens with one attached hydrogen (secondary N) is 2. The largest absolute Gasteiger partial charge is 0.322 e. The van der Waals surface area contributed by atoms with Gasteiger partial charge in [0, 0.05) is 43.3 Å². The van der Waals surface area contributed by atoms with E-state index in [0.717, 1.165) is 59.5 Å². The Morgan fingerprint density at radius 2 is 1.81 bits per heavy atom. The molecule has 0 amide bonds. The molecule has 2 aromatic heterocycles. The van der Waals surface area contributed by atoms with Gasteiger partial charge >= 0.3 is 0 Å². The average Bonchev–Trinajstić information content (AvgIpc) is 3.08. The molecule has 6 heteroatoms. The maximum atomic E-state index is 11.5. The molecule has 1 saturated heterocycles. The van der Waals surface area contributed by atoms with Crippen molar-refractivity contribution in [1.82, 2.24) is 20.0 Å². The first-order valence-corrected chi connectivity index (χ1v) is 8.86. The molecule has 2 N–H and O–H groups in total. The molecule has 0 aliphatic carbocycles. The summed E-state index contributed by atoms with van der Waals surface area (Å²) in [5.41, 5.74) is 3.90. The number of fused-ring (bicyclic) bond motifs is 2.